The Morgan fingerprint density at radius 3 is 0.396 bits per heavy atom. The quantitative estimate of drug-likeness (QED) is 0.169. The van der Waals surface area contributed by atoms with E-state index in [-0.39, 0.29) is 52.4 Å². The Balaban J connectivity index is 0.000000182. The average molecular weight is 787 g/mol. The zero-order valence-corrected chi connectivity index (χ0v) is 34.1. The Labute approximate surface area is 321 Å². The Morgan fingerprint density at radius 2 is 0.312 bits per heavy atom. The minimum absolute atomic E-state index is 0. The summed E-state index contributed by atoms with van der Waals surface area (Å²) < 4.78 is 20.0. The molecule has 0 saturated heterocycles. The number of fused-ring (bicyclic) bond motifs is 41. The monoisotopic (exact) mass is 787 g/mol. The van der Waals surface area contributed by atoms with Gasteiger partial charge in [0, 0.05) is 8.79 Å². The molecule has 0 aromatic heterocycles. The maximum atomic E-state index is 5.00. The molecule has 0 N–H and O–H groups in total. The van der Waals surface area contributed by atoms with Crippen molar-refractivity contribution >= 4 is 55.5 Å². The molecular formula is C42H84P6. The van der Waals surface area contributed by atoms with Crippen molar-refractivity contribution in [2.24, 2.45) is 178 Å². The summed E-state index contributed by atoms with van der Waals surface area (Å²) in [7, 11) is 9.33. The van der Waals surface area contributed by atoms with Crippen LogP contribution >= 0.6 is 55.5 Å². The van der Waals surface area contributed by atoms with Gasteiger partial charge in [0.15, 0.2) is 0 Å². The van der Waals surface area contributed by atoms with Gasteiger partial charge < -0.3 is 0 Å². The molecule has 0 nitrogen and oxygen atoms in total. The van der Waals surface area contributed by atoms with Gasteiger partial charge in [0.2, 0.25) is 0 Å². The Bertz CT molecular complexity index is 1150. The van der Waals surface area contributed by atoms with Gasteiger partial charge in [0.1, 0.15) is 0 Å². The molecule has 0 aromatic carbocycles. The molecule has 17 saturated carbocycles. The van der Waals surface area contributed by atoms with E-state index in [2.05, 4.69) is 35.7 Å². The molecule has 17 fully saturated rings. The molecule has 0 aromatic rings. The van der Waals surface area contributed by atoms with E-state index in [1.54, 1.807) is 51.4 Å². The molecule has 0 aliphatic heterocycles. The lowest BCUT2D eigenvalue weighted by atomic mass is 9.09. The lowest BCUT2D eigenvalue weighted by Crippen LogP contribution is -2.91. The maximum Gasteiger partial charge on any atom is 0 e. The summed E-state index contributed by atoms with van der Waals surface area (Å²) in [5.74, 6) is 38.9. The first-order valence-corrected chi connectivity index (χ1v) is 24.9. The van der Waals surface area contributed by atoms with Crippen LogP contribution in [0.5, 0.6) is 0 Å². The molecule has 30 atom stereocenters. The number of hydrogen-bond acceptors (Lipinski definition) is 0. The zero-order chi connectivity index (χ0) is 31.0. The van der Waals surface area contributed by atoms with Crippen molar-refractivity contribution in [1.82, 2.24) is 0 Å². The van der Waals surface area contributed by atoms with E-state index in [0.717, 1.165) is 0 Å². The zero-order valence-electron chi connectivity index (χ0n) is 30.7. The van der Waals surface area contributed by atoms with Crippen molar-refractivity contribution in [3.05, 3.63) is 0 Å². The summed E-state index contributed by atoms with van der Waals surface area (Å²) in [5.41, 5.74) is 0. The highest BCUT2D eigenvalue weighted by molar-refractivity contribution is 7.92. The van der Waals surface area contributed by atoms with Crippen LogP contribution in [0.25, 0.3) is 0 Å². The molecule has 282 valence electrons. The van der Waals surface area contributed by atoms with Crippen molar-refractivity contribution in [3.8, 4) is 0 Å². The predicted octanol–water partition coefficient (Wildman–Crippen LogP) is 11.8. The smallest absolute Gasteiger partial charge is 0 e. The molecule has 48 heavy (non-hydrogen) atoms. The second-order valence-corrected chi connectivity index (χ2v) is 20.3. The average Bonchev–Trinajstić information content (AvgIpc) is 3.03. The highest BCUT2D eigenvalue weighted by atomic mass is 32.0. The van der Waals surface area contributed by atoms with Gasteiger partial charge >= 0.3 is 0 Å². The lowest BCUT2D eigenvalue weighted by molar-refractivity contribution is -0.482. The summed E-state index contributed by atoms with van der Waals surface area (Å²) in [6, 6.07) is 0. The molecule has 0 heterocycles. The molecule has 17 rings (SSSR count). The van der Waals surface area contributed by atoms with Gasteiger partial charge in [-0.1, -0.05) is 29.7 Å². The van der Waals surface area contributed by atoms with E-state index >= 15 is 0 Å². The summed E-state index contributed by atoms with van der Waals surface area (Å²) in [5, 5.41) is 0. The highest BCUT2D eigenvalue weighted by Crippen LogP contribution is 2.95. The summed E-state index contributed by atoms with van der Waals surface area (Å²) in [6.45, 7) is 0. The highest BCUT2D eigenvalue weighted by Gasteiger charge is 2.91. The van der Waals surface area contributed by atoms with Gasteiger partial charge in [-0.2, -0.15) is 19.8 Å². The van der Waals surface area contributed by atoms with E-state index in [0.29, 0.717) is 0 Å². The first kappa shape index (κ1) is 35.0. The van der Waals surface area contributed by atoms with Crippen molar-refractivity contribution in [3.63, 3.8) is 0 Å². The number of rotatable bonds is 0. The fourth-order valence-corrected chi connectivity index (χ4v) is 21.5. The summed E-state index contributed by atoms with van der Waals surface area (Å²) in [4.78, 5) is 0. The standard InChI is InChI=1S/C20H24.C18H22.4CH4.2H4P2.2H3P.4H2/c1-2-6-5(1)9-10(6)14-13(9)17-18(14)20-16-12-8-4-3-7(8)11(12)15(16)19(17)20;1-2-6-5(1)9-10(6)14-13(9)17-15-11-7-3-4-8(7)12(11)16(15)18(14)17;;;;;2*1-2;;;;;;/h5-20H,1-4H2;5-18H,1-4H2;4*1H4;2*1-2H2;2*1H3;4*1H/i;;;;;;;;;;2*1+2T;2*1+2. The van der Waals surface area contributed by atoms with E-state index in [9.17, 15) is 0 Å². The van der Waals surface area contributed by atoms with Crippen LogP contribution in [-0.2, 0) is 0 Å². The molecule has 0 radical (unpaired) electrons. The van der Waals surface area contributed by atoms with E-state index in [1.807, 2.05) is 0 Å². The Morgan fingerprint density at radius 1 is 0.229 bits per heavy atom. The van der Waals surface area contributed by atoms with Crippen molar-refractivity contribution < 1.29 is 8.79 Å². The van der Waals surface area contributed by atoms with Crippen molar-refractivity contribution in [1.29, 1.82) is 0 Å². The van der Waals surface area contributed by atoms with Crippen LogP contribution < -0.4 is 0 Å². The van der Waals surface area contributed by atoms with Gasteiger partial charge in [-0.05, 0) is 229 Å². The first-order chi connectivity index (χ1) is 22.9. The molecule has 17 aliphatic rings. The summed E-state index contributed by atoms with van der Waals surface area (Å²) in [6.07, 6.45) is 13.1. The van der Waals surface area contributed by atoms with Gasteiger partial charge in [-0.25, -0.2) is 0 Å². The fourth-order valence-electron chi connectivity index (χ4n) is 21.5. The minimum Gasteiger partial charge on any atom is -0.153 e. The maximum absolute atomic E-state index is 5.00. The second-order valence-electron chi connectivity index (χ2n) is 20.3. The second kappa shape index (κ2) is 11.6. The van der Waals surface area contributed by atoms with Crippen molar-refractivity contribution in [2.75, 3.05) is 0 Å². The molecule has 30 unspecified atom stereocenters. The molecular weight excluding hydrogens is 690 g/mol. The van der Waals surface area contributed by atoms with E-state index in [4.69, 9.17) is 5.94 Å². The third kappa shape index (κ3) is 3.16. The molecule has 6 heteroatoms. The third-order valence-electron chi connectivity index (χ3n) is 22.4. The first-order valence-electron chi connectivity index (χ1n) is 21.6. The van der Waals surface area contributed by atoms with Gasteiger partial charge in [0.05, 0.1) is 0 Å². The Kier molecular flexibility index (Phi) is 8.44. The van der Waals surface area contributed by atoms with Crippen LogP contribution in [0.3, 0.4) is 0 Å². The molecule has 17 aliphatic carbocycles. The molecule has 0 spiro atoms. The SMILES string of the molecule is C.C.C.C.C1CC2C1C1C2C2C1C1C2C2C3C4C5CCC5C4C3C12.C1CC2C1C1C2C2C1C1C3C4C5CCC5C4C3C21.P.P.PP.PP.[3HH].[3HH].[3H][3H].[3H][3H]. The lowest BCUT2D eigenvalue weighted by Gasteiger charge is -2.95. The van der Waals surface area contributed by atoms with Crippen molar-refractivity contribution in [2.45, 2.75) is 81.1 Å². The van der Waals surface area contributed by atoms with Crippen LogP contribution in [0.2, 0.25) is 0 Å². The third-order valence-corrected chi connectivity index (χ3v) is 22.4. The minimum atomic E-state index is 0. The van der Waals surface area contributed by atoms with Crippen LogP contribution in [0.4, 0.5) is 0 Å². The normalized spacial score (nSPS) is 72.1. The van der Waals surface area contributed by atoms with E-state index in [1.165, 1.54) is 178 Å². The largest absolute Gasteiger partial charge is 0.153 e. The van der Waals surface area contributed by atoms with Crippen LogP contribution in [0, 0.1) is 178 Å². The van der Waals surface area contributed by atoms with Gasteiger partial charge in [-0.3, -0.25) is 0 Å². The van der Waals surface area contributed by atoms with Crippen LogP contribution in [0.15, 0.2) is 0 Å². The number of hydrogen-bond donors (Lipinski definition) is 0. The molecule has 0 bridgehead atoms. The fraction of sp³-hybridized carbons (Fsp3) is 1.00. The van der Waals surface area contributed by atoms with E-state index < -0.39 is 0 Å². The topological polar surface area (TPSA) is 0 Å². The molecule has 0 amide bonds. The van der Waals surface area contributed by atoms with Gasteiger partial charge in [-0.15, -0.1) is 35.7 Å². The Hall–Kier alpha value is 2.58. The summed E-state index contributed by atoms with van der Waals surface area (Å²) >= 11 is 0. The van der Waals surface area contributed by atoms with Crippen LogP contribution in [0.1, 0.15) is 89.9 Å². The van der Waals surface area contributed by atoms with Crippen LogP contribution in [-0.4, -0.2) is 0 Å². The van der Waals surface area contributed by atoms with Gasteiger partial charge in [0.25, 0.3) is 0 Å². The predicted molar refractivity (Wildman–Crippen MR) is 238 cm³/mol.